The molecular weight excluding hydrogens is 86.1 g/mol. The highest BCUT2D eigenvalue weighted by Crippen LogP contribution is 2.42. The van der Waals surface area contributed by atoms with E-state index < -0.39 is 0 Å². The summed E-state index contributed by atoms with van der Waals surface area (Å²) in [6.07, 6.45) is 0. The fraction of sp³-hybridized carbons (Fsp3) is 0.667. The smallest absolute Gasteiger partial charge is 0.000582 e. The Morgan fingerprint density at radius 2 is 2.29 bits per heavy atom. The van der Waals surface area contributed by atoms with Crippen LogP contribution in [0.1, 0.15) is 6.92 Å². The molecular formula is C6H11N. The fourth-order valence-electron chi connectivity index (χ4n) is 0.898. The summed E-state index contributed by atoms with van der Waals surface area (Å²) >= 11 is 0. The predicted molar refractivity (Wildman–Crippen MR) is 30.8 cm³/mol. The zero-order valence-electron chi connectivity index (χ0n) is 4.65. The Morgan fingerprint density at radius 1 is 1.86 bits per heavy atom. The normalized spacial score (nSPS) is 38.9. The topological polar surface area (TPSA) is 26.0 Å². The minimum atomic E-state index is 0.653. The van der Waals surface area contributed by atoms with Gasteiger partial charge in [-0.2, -0.15) is 0 Å². The van der Waals surface area contributed by atoms with E-state index in [0.717, 1.165) is 6.54 Å². The van der Waals surface area contributed by atoms with Crippen LogP contribution in [0.25, 0.3) is 0 Å². The average molecular weight is 97.2 g/mol. The highest BCUT2D eigenvalue weighted by molar-refractivity contribution is 5.24. The van der Waals surface area contributed by atoms with Crippen LogP contribution >= 0.6 is 0 Å². The third kappa shape index (κ3) is 0.570. The van der Waals surface area contributed by atoms with Gasteiger partial charge >= 0.3 is 0 Å². The summed E-state index contributed by atoms with van der Waals surface area (Å²) < 4.78 is 0. The van der Waals surface area contributed by atoms with E-state index in [1.54, 1.807) is 0 Å². The van der Waals surface area contributed by atoms with Crippen molar-refractivity contribution in [1.29, 1.82) is 0 Å². The summed E-state index contributed by atoms with van der Waals surface area (Å²) in [4.78, 5) is 0. The number of hydrogen-bond donors (Lipinski definition) is 1. The van der Waals surface area contributed by atoms with Gasteiger partial charge in [-0.05, 0) is 18.4 Å². The van der Waals surface area contributed by atoms with Crippen LogP contribution in [0, 0.1) is 11.8 Å². The molecule has 1 heteroatoms. The molecule has 1 aliphatic rings. The van der Waals surface area contributed by atoms with Gasteiger partial charge in [-0.25, -0.2) is 0 Å². The van der Waals surface area contributed by atoms with E-state index in [1.807, 2.05) is 0 Å². The van der Waals surface area contributed by atoms with E-state index in [1.165, 1.54) is 5.57 Å². The quantitative estimate of drug-likeness (QED) is 0.480. The number of nitrogens with two attached hydrogens (primary N) is 1. The third-order valence-corrected chi connectivity index (χ3v) is 1.81. The first-order valence-corrected chi connectivity index (χ1v) is 2.66. The van der Waals surface area contributed by atoms with Crippen molar-refractivity contribution in [3.63, 3.8) is 0 Å². The van der Waals surface area contributed by atoms with Gasteiger partial charge in [-0.15, -0.1) is 0 Å². The molecule has 2 N–H and O–H groups in total. The molecule has 1 aliphatic carbocycles. The summed E-state index contributed by atoms with van der Waals surface area (Å²) in [6, 6.07) is 0. The molecule has 2 atom stereocenters. The van der Waals surface area contributed by atoms with Gasteiger partial charge < -0.3 is 5.73 Å². The van der Waals surface area contributed by atoms with Crippen LogP contribution < -0.4 is 5.73 Å². The van der Waals surface area contributed by atoms with E-state index in [2.05, 4.69) is 13.5 Å². The molecule has 1 fully saturated rings. The molecule has 0 amide bonds. The molecule has 1 nitrogen and oxygen atoms in total. The van der Waals surface area contributed by atoms with Crippen molar-refractivity contribution in [2.24, 2.45) is 17.6 Å². The van der Waals surface area contributed by atoms with E-state index >= 15 is 0 Å². The molecule has 0 spiro atoms. The maximum Gasteiger partial charge on any atom is -0.000582 e. The Kier molecular flexibility index (Phi) is 0.927. The standard InChI is InChI=1S/C6H11N/c1-4-5(2)6(4)3-7/h5-6H,1,3,7H2,2H3. The lowest BCUT2D eigenvalue weighted by Crippen LogP contribution is -2.01. The largest absolute Gasteiger partial charge is 0.330 e. The molecule has 0 bridgehead atoms. The van der Waals surface area contributed by atoms with E-state index in [0.29, 0.717) is 11.8 Å². The number of rotatable bonds is 1. The Bertz CT molecular complexity index is 96.4. The van der Waals surface area contributed by atoms with Crippen LogP contribution in [0.3, 0.4) is 0 Å². The van der Waals surface area contributed by atoms with Crippen LogP contribution in [0.2, 0.25) is 0 Å². The van der Waals surface area contributed by atoms with Gasteiger partial charge in [0, 0.05) is 0 Å². The molecule has 40 valence electrons. The first kappa shape index (κ1) is 4.85. The first-order valence-electron chi connectivity index (χ1n) is 2.66. The van der Waals surface area contributed by atoms with Crippen molar-refractivity contribution in [3.8, 4) is 0 Å². The molecule has 7 heavy (non-hydrogen) atoms. The minimum absolute atomic E-state index is 0.653. The van der Waals surface area contributed by atoms with Crippen molar-refractivity contribution in [2.75, 3.05) is 6.54 Å². The van der Waals surface area contributed by atoms with Crippen molar-refractivity contribution in [2.45, 2.75) is 6.92 Å². The lowest BCUT2D eigenvalue weighted by molar-refractivity contribution is 0.763. The Morgan fingerprint density at radius 3 is 2.29 bits per heavy atom. The predicted octanol–water partition coefficient (Wildman–Crippen LogP) is 0.767. The Hall–Kier alpha value is -0.300. The van der Waals surface area contributed by atoms with Gasteiger partial charge in [-0.1, -0.05) is 19.1 Å². The van der Waals surface area contributed by atoms with Crippen molar-refractivity contribution in [1.82, 2.24) is 0 Å². The van der Waals surface area contributed by atoms with E-state index in [4.69, 9.17) is 5.73 Å². The summed E-state index contributed by atoms with van der Waals surface area (Å²) in [5.41, 5.74) is 6.69. The highest BCUT2D eigenvalue weighted by atomic mass is 14.6. The molecule has 0 saturated heterocycles. The molecule has 1 rings (SSSR count). The Balaban J connectivity index is 2.38. The number of hydrogen-bond acceptors (Lipinski definition) is 1. The molecule has 1 saturated carbocycles. The Labute approximate surface area is 44.2 Å². The molecule has 0 aliphatic heterocycles. The average Bonchev–Trinajstić information content (AvgIpc) is 2.17. The molecule has 0 aromatic heterocycles. The molecule has 0 radical (unpaired) electrons. The van der Waals surface area contributed by atoms with Gasteiger partial charge in [0.05, 0.1) is 0 Å². The SMILES string of the molecule is C=C1C(C)C1CN. The lowest BCUT2D eigenvalue weighted by atomic mass is 10.3. The van der Waals surface area contributed by atoms with Crippen LogP contribution in [-0.4, -0.2) is 6.54 Å². The second-order valence-electron chi connectivity index (χ2n) is 2.21. The fourth-order valence-corrected chi connectivity index (χ4v) is 0.898. The van der Waals surface area contributed by atoms with E-state index in [9.17, 15) is 0 Å². The summed E-state index contributed by atoms with van der Waals surface area (Å²) in [6.45, 7) is 6.78. The first-order chi connectivity index (χ1) is 3.27. The van der Waals surface area contributed by atoms with Gasteiger partial charge in [0.1, 0.15) is 0 Å². The zero-order chi connectivity index (χ0) is 5.44. The van der Waals surface area contributed by atoms with Gasteiger partial charge in [0.2, 0.25) is 0 Å². The van der Waals surface area contributed by atoms with Gasteiger partial charge in [0.15, 0.2) is 0 Å². The molecule has 0 heterocycles. The summed E-state index contributed by atoms with van der Waals surface area (Å²) in [7, 11) is 0. The van der Waals surface area contributed by atoms with Crippen molar-refractivity contribution < 1.29 is 0 Å². The maximum absolute atomic E-state index is 5.35. The monoisotopic (exact) mass is 97.1 g/mol. The maximum atomic E-state index is 5.35. The molecule has 0 aromatic rings. The minimum Gasteiger partial charge on any atom is -0.330 e. The van der Waals surface area contributed by atoms with Crippen molar-refractivity contribution in [3.05, 3.63) is 12.2 Å². The molecule has 2 unspecified atom stereocenters. The van der Waals surface area contributed by atoms with Gasteiger partial charge in [-0.3, -0.25) is 0 Å². The van der Waals surface area contributed by atoms with E-state index in [-0.39, 0.29) is 0 Å². The van der Waals surface area contributed by atoms with Crippen molar-refractivity contribution >= 4 is 0 Å². The highest BCUT2D eigenvalue weighted by Gasteiger charge is 2.36. The van der Waals surface area contributed by atoms with Crippen LogP contribution in [-0.2, 0) is 0 Å². The zero-order valence-corrected chi connectivity index (χ0v) is 4.65. The van der Waals surface area contributed by atoms with Crippen LogP contribution in [0.4, 0.5) is 0 Å². The summed E-state index contributed by atoms with van der Waals surface area (Å²) in [5.74, 6) is 1.37. The van der Waals surface area contributed by atoms with Crippen LogP contribution in [0.15, 0.2) is 12.2 Å². The molecule has 0 aromatic carbocycles. The van der Waals surface area contributed by atoms with Crippen LogP contribution in [0.5, 0.6) is 0 Å². The second kappa shape index (κ2) is 1.34. The van der Waals surface area contributed by atoms with Gasteiger partial charge in [0.25, 0.3) is 0 Å². The summed E-state index contributed by atoms with van der Waals surface area (Å²) in [5, 5.41) is 0. The second-order valence-corrected chi connectivity index (χ2v) is 2.21. The third-order valence-electron chi connectivity index (χ3n) is 1.81. The lowest BCUT2D eigenvalue weighted by Gasteiger charge is -1.79.